The molecule has 9 heteroatoms. The molecule has 1 unspecified atom stereocenters. The molecule has 6 nitrogen and oxygen atoms in total. The number of hydrogen-bond donors (Lipinski definition) is 0. The van der Waals surface area contributed by atoms with Gasteiger partial charge in [-0.05, 0) is 69.2 Å². The molecule has 4 heterocycles. The van der Waals surface area contributed by atoms with Crippen LogP contribution in [0, 0.1) is 12.8 Å². The molecule has 3 atom stereocenters. The summed E-state index contributed by atoms with van der Waals surface area (Å²) in [5.41, 5.74) is 2.38. The lowest BCUT2D eigenvalue weighted by molar-refractivity contribution is -0.135. The van der Waals surface area contributed by atoms with E-state index in [9.17, 15) is 13.6 Å². The summed E-state index contributed by atoms with van der Waals surface area (Å²) in [6.07, 6.45) is 2.09. The van der Waals surface area contributed by atoms with Crippen LogP contribution in [0.5, 0.6) is 0 Å². The van der Waals surface area contributed by atoms with Crippen molar-refractivity contribution in [2.24, 2.45) is 5.92 Å². The molecule has 2 aromatic heterocycles. The standard InChI is InChI=1S/C23H25F2N5OS/c1-13-26-29-23(32-13)15-3-6-20-16(10-15)11-17(27-28-20)12-22(31)30-18-4-5-19(30)9-14(8-18)2-7-21(24)25/h3,6,10-11,14,18-19,21H,2,4-5,7-9,12H2,1H3/t14?,18-,19+. The Hall–Kier alpha value is -2.55. The average molecular weight is 458 g/mol. The van der Waals surface area contributed by atoms with Crippen LogP contribution in [-0.2, 0) is 11.2 Å². The molecule has 0 aliphatic carbocycles. The average Bonchev–Trinajstić information content (AvgIpc) is 3.32. The molecule has 2 bridgehead atoms. The molecule has 168 valence electrons. The highest BCUT2D eigenvalue weighted by Gasteiger charge is 2.42. The molecule has 5 rings (SSSR count). The van der Waals surface area contributed by atoms with Crippen molar-refractivity contribution < 1.29 is 13.6 Å². The fraction of sp³-hybridized carbons (Fsp3) is 0.522. The van der Waals surface area contributed by atoms with Gasteiger partial charge in [-0.15, -0.1) is 10.2 Å². The normalized spacial score (nSPS) is 22.8. The number of fused-ring (bicyclic) bond motifs is 3. The Bertz CT molecular complexity index is 1120. The Morgan fingerprint density at radius 1 is 1.12 bits per heavy atom. The number of alkyl halides is 2. The van der Waals surface area contributed by atoms with Gasteiger partial charge in [-0.1, -0.05) is 11.3 Å². The van der Waals surface area contributed by atoms with Gasteiger partial charge < -0.3 is 4.90 Å². The van der Waals surface area contributed by atoms with E-state index in [1.54, 1.807) is 0 Å². The number of aryl methyl sites for hydroxylation is 1. The van der Waals surface area contributed by atoms with Crippen molar-refractivity contribution >= 4 is 28.1 Å². The zero-order chi connectivity index (χ0) is 22.2. The summed E-state index contributed by atoms with van der Waals surface area (Å²) in [7, 11) is 0. The molecule has 0 radical (unpaired) electrons. The number of nitrogens with zero attached hydrogens (tertiary/aromatic N) is 5. The lowest BCUT2D eigenvalue weighted by Gasteiger charge is -2.39. The van der Waals surface area contributed by atoms with Gasteiger partial charge in [0.25, 0.3) is 0 Å². The zero-order valence-corrected chi connectivity index (χ0v) is 18.7. The smallest absolute Gasteiger partial charge is 0.238 e. The van der Waals surface area contributed by atoms with E-state index in [0.717, 1.165) is 52.2 Å². The van der Waals surface area contributed by atoms with Gasteiger partial charge >= 0.3 is 0 Å². The number of halogens is 2. The summed E-state index contributed by atoms with van der Waals surface area (Å²) in [5.74, 6) is 0.364. The van der Waals surface area contributed by atoms with Crippen LogP contribution >= 0.6 is 11.3 Å². The van der Waals surface area contributed by atoms with Crippen LogP contribution in [0.1, 0.15) is 49.2 Å². The van der Waals surface area contributed by atoms with Crippen LogP contribution < -0.4 is 0 Å². The van der Waals surface area contributed by atoms with Crippen molar-refractivity contribution in [2.75, 3.05) is 0 Å². The van der Waals surface area contributed by atoms with Crippen molar-refractivity contribution in [1.82, 2.24) is 25.3 Å². The van der Waals surface area contributed by atoms with Gasteiger partial charge in [0, 0.05) is 29.5 Å². The number of carbonyl (C=O) groups is 1. The number of benzene rings is 1. The number of piperidine rings is 1. The third kappa shape index (κ3) is 4.35. The van der Waals surface area contributed by atoms with E-state index in [4.69, 9.17) is 0 Å². The molecule has 32 heavy (non-hydrogen) atoms. The second-order valence-electron chi connectivity index (χ2n) is 8.90. The molecule has 0 spiro atoms. The molecular formula is C23H25F2N5OS. The van der Waals surface area contributed by atoms with Gasteiger partial charge in [-0.3, -0.25) is 4.79 Å². The number of hydrogen-bond acceptors (Lipinski definition) is 6. The highest BCUT2D eigenvalue weighted by atomic mass is 32.1. The largest absolute Gasteiger partial charge is 0.336 e. The molecule has 1 amide bonds. The number of rotatable bonds is 6. The van der Waals surface area contributed by atoms with Gasteiger partial charge in [0.2, 0.25) is 12.3 Å². The van der Waals surface area contributed by atoms with E-state index in [1.807, 2.05) is 36.1 Å². The van der Waals surface area contributed by atoms with Crippen molar-refractivity contribution in [3.63, 3.8) is 0 Å². The zero-order valence-electron chi connectivity index (χ0n) is 17.9. The Morgan fingerprint density at radius 2 is 1.91 bits per heavy atom. The minimum absolute atomic E-state index is 0.0383. The summed E-state index contributed by atoms with van der Waals surface area (Å²) in [5, 5.41) is 19.5. The summed E-state index contributed by atoms with van der Waals surface area (Å²) < 4.78 is 25.2. The highest BCUT2D eigenvalue weighted by Crippen LogP contribution is 2.41. The molecule has 3 aromatic rings. The molecule has 2 saturated heterocycles. The maximum atomic E-state index is 13.1. The molecular weight excluding hydrogens is 432 g/mol. The fourth-order valence-corrected chi connectivity index (χ4v) is 5.95. The SMILES string of the molecule is Cc1nnc(-c2ccc3nnc(CC(=O)N4[C@@H]5CC[C@H]4CC(CCC(F)F)C5)cc3c2)s1. The molecule has 0 N–H and O–H groups in total. The lowest BCUT2D eigenvalue weighted by atomic mass is 9.87. The summed E-state index contributed by atoms with van der Waals surface area (Å²) in [4.78, 5) is 15.2. The summed E-state index contributed by atoms with van der Waals surface area (Å²) >= 11 is 1.53. The Morgan fingerprint density at radius 3 is 2.59 bits per heavy atom. The molecule has 1 aromatic carbocycles. The summed E-state index contributed by atoms with van der Waals surface area (Å²) in [6, 6.07) is 8.14. The second kappa shape index (κ2) is 8.77. The van der Waals surface area contributed by atoms with Crippen molar-refractivity contribution in [3.8, 4) is 10.6 Å². The quantitative estimate of drug-likeness (QED) is 0.531. The minimum atomic E-state index is -2.24. The minimum Gasteiger partial charge on any atom is -0.336 e. The van der Waals surface area contributed by atoms with E-state index >= 15 is 0 Å². The first kappa shape index (κ1) is 21.3. The molecule has 0 saturated carbocycles. The Balaban J connectivity index is 1.29. The van der Waals surface area contributed by atoms with Gasteiger partial charge in [0.1, 0.15) is 10.0 Å². The van der Waals surface area contributed by atoms with E-state index in [-0.39, 0.29) is 30.8 Å². The Kier molecular flexibility index (Phi) is 5.84. The van der Waals surface area contributed by atoms with Gasteiger partial charge in [-0.25, -0.2) is 8.78 Å². The topological polar surface area (TPSA) is 71.9 Å². The van der Waals surface area contributed by atoms with E-state index in [2.05, 4.69) is 20.4 Å². The number of carbonyl (C=O) groups excluding carboxylic acids is 1. The fourth-order valence-electron chi connectivity index (χ4n) is 5.26. The van der Waals surface area contributed by atoms with Gasteiger partial charge in [0.05, 0.1) is 17.6 Å². The molecule has 2 fully saturated rings. The van der Waals surface area contributed by atoms with Crippen molar-refractivity contribution in [3.05, 3.63) is 35.0 Å². The number of amides is 1. The summed E-state index contributed by atoms with van der Waals surface area (Å²) in [6.45, 7) is 1.92. The lowest BCUT2D eigenvalue weighted by Crippen LogP contribution is -2.47. The van der Waals surface area contributed by atoms with Crippen LogP contribution in [0.15, 0.2) is 24.3 Å². The number of aromatic nitrogens is 4. The van der Waals surface area contributed by atoms with Crippen LogP contribution in [0.4, 0.5) is 8.78 Å². The van der Waals surface area contributed by atoms with Gasteiger partial charge in [0.15, 0.2) is 0 Å². The van der Waals surface area contributed by atoms with Crippen LogP contribution in [0.25, 0.3) is 21.5 Å². The third-order valence-electron chi connectivity index (χ3n) is 6.65. The van der Waals surface area contributed by atoms with Crippen LogP contribution in [-0.4, -0.2) is 49.7 Å². The van der Waals surface area contributed by atoms with Crippen LogP contribution in [0.3, 0.4) is 0 Å². The predicted molar refractivity (Wildman–Crippen MR) is 119 cm³/mol. The highest BCUT2D eigenvalue weighted by molar-refractivity contribution is 7.14. The van der Waals surface area contributed by atoms with Crippen molar-refractivity contribution in [1.29, 1.82) is 0 Å². The van der Waals surface area contributed by atoms with E-state index < -0.39 is 6.43 Å². The van der Waals surface area contributed by atoms with Gasteiger partial charge in [-0.2, -0.15) is 10.2 Å². The predicted octanol–water partition coefficient (Wildman–Crippen LogP) is 4.81. The van der Waals surface area contributed by atoms with Crippen LogP contribution in [0.2, 0.25) is 0 Å². The molecule has 2 aliphatic heterocycles. The second-order valence-corrected chi connectivity index (χ2v) is 10.1. The monoisotopic (exact) mass is 457 g/mol. The van der Waals surface area contributed by atoms with Crippen molar-refractivity contribution in [2.45, 2.75) is 70.4 Å². The third-order valence-corrected chi connectivity index (χ3v) is 7.54. The first-order valence-electron chi connectivity index (χ1n) is 11.1. The first-order valence-corrected chi connectivity index (χ1v) is 11.9. The Labute approximate surface area is 189 Å². The molecule has 2 aliphatic rings. The maximum absolute atomic E-state index is 13.1. The first-order chi connectivity index (χ1) is 15.5. The van der Waals surface area contributed by atoms with E-state index in [0.29, 0.717) is 18.0 Å². The maximum Gasteiger partial charge on any atom is 0.238 e. The van der Waals surface area contributed by atoms with E-state index in [1.165, 1.54) is 11.3 Å².